The molecule has 0 spiro atoms. The largest absolute Gasteiger partial charge is 0.481 e. The summed E-state index contributed by atoms with van der Waals surface area (Å²) in [6.45, 7) is 0.0249. The van der Waals surface area contributed by atoms with E-state index in [1.807, 2.05) is 0 Å². The van der Waals surface area contributed by atoms with Gasteiger partial charge in [0, 0.05) is 23.2 Å². The minimum atomic E-state index is -0.350. The van der Waals surface area contributed by atoms with Crippen LogP contribution >= 0.6 is 0 Å². The highest BCUT2D eigenvalue weighted by Crippen LogP contribution is 2.36. The number of nitrogens with one attached hydrogen (secondary N) is 1. The number of fused-ring (bicyclic) bond motifs is 1. The van der Waals surface area contributed by atoms with Crippen LogP contribution in [0, 0.1) is 11.7 Å². The number of rotatable bonds is 4. The summed E-state index contributed by atoms with van der Waals surface area (Å²) in [5.74, 6) is 0.0397. The SMILES string of the molecule is O=C(Nc1ccc2c(c1)OCC(=O)N2Cc1ccccc1F)C1CC1. The van der Waals surface area contributed by atoms with Crippen LogP contribution in [0.5, 0.6) is 5.75 Å². The fourth-order valence-electron chi connectivity index (χ4n) is 2.84. The molecule has 5 nitrogen and oxygen atoms in total. The molecule has 2 aromatic rings. The topological polar surface area (TPSA) is 58.6 Å². The molecule has 4 rings (SSSR count). The van der Waals surface area contributed by atoms with E-state index in [9.17, 15) is 14.0 Å². The molecule has 6 heteroatoms. The molecule has 1 aliphatic carbocycles. The maximum atomic E-state index is 13.9. The van der Waals surface area contributed by atoms with Crippen LogP contribution < -0.4 is 15.0 Å². The lowest BCUT2D eigenvalue weighted by atomic mass is 10.1. The van der Waals surface area contributed by atoms with E-state index >= 15 is 0 Å². The monoisotopic (exact) mass is 340 g/mol. The molecule has 1 N–H and O–H groups in total. The first-order chi connectivity index (χ1) is 12.1. The van der Waals surface area contributed by atoms with Crippen molar-refractivity contribution in [1.82, 2.24) is 0 Å². The number of ether oxygens (including phenoxy) is 1. The summed E-state index contributed by atoms with van der Waals surface area (Å²) < 4.78 is 19.4. The summed E-state index contributed by atoms with van der Waals surface area (Å²) in [6, 6.07) is 11.5. The van der Waals surface area contributed by atoms with Crippen molar-refractivity contribution < 1.29 is 18.7 Å². The molecule has 25 heavy (non-hydrogen) atoms. The van der Waals surface area contributed by atoms with Gasteiger partial charge in [-0.1, -0.05) is 18.2 Å². The summed E-state index contributed by atoms with van der Waals surface area (Å²) >= 11 is 0. The van der Waals surface area contributed by atoms with Gasteiger partial charge in [0.15, 0.2) is 6.61 Å². The zero-order chi connectivity index (χ0) is 17.4. The van der Waals surface area contributed by atoms with Gasteiger partial charge in [0.2, 0.25) is 5.91 Å². The van der Waals surface area contributed by atoms with Crippen molar-refractivity contribution in [2.75, 3.05) is 16.8 Å². The number of carbonyl (C=O) groups excluding carboxylic acids is 2. The van der Waals surface area contributed by atoms with Crippen molar-refractivity contribution in [2.45, 2.75) is 19.4 Å². The second-order valence-corrected chi connectivity index (χ2v) is 6.31. The number of hydrogen-bond donors (Lipinski definition) is 1. The second kappa shape index (κ2) is 6.20. The molecule has 1 fully saturated rings. The van der Waals surface area contributed by atoms with E-state index in [1.54, 1.807) is 36.4 Å². The zero-order valence-corrected chi connectivity index (χ0v) is 13.5. The van der Waals surface area contributed by atoms with E-state index in [2.05, 4.69) is 5.32 Å². The molecule has 0 radical (unpaired) electrons. The first kappa shape index (κ1) is 15.6. The molecule has 1 heterocycles. The highest BCUT2D eigenvalue weighted by molar-refractivity contribution is 5.99. The Hall–Kier alpha value is -2.89. The van der Waals surface area contributed by atoms with Crippen molar-refractivity contribution in [3.63, 3.8) is 0 Å². The summed E-state index contributed by atoms with van der Waals surface area (Å²) in [6.07, 6.45) is 1.86. The summed E-state index contributed by atoms with van der Waals surface area (Å²) in [5.41, 5.74) is 1.65. The van der Waals surface area contributed by atoms with Gasteiger partial charge >= 0.3 is 0 Å². The quantitative estimate of drug-likeness (QED) is 0.930. The lowest BCUT2D eigenvalue weighted by Crippen LogP contribution is -2.38. The average Bonchev–Trinajstić information content (AvgIpc) is 3.44. The molecule has 0 unspecified atom stereocenters. The van der Waals surface area contributed by atoms with Gasteiger partial charge in [0.05, 0.1) is 12.2 Å². The van der Waals surface area contributed by atoms with Gasteiger partial charge in [-0.3, -0.25) is 9.59 Å². The molecule has 0 saturated heterocycles. The first-order valence-corrected chi connectivity index (χ1v) is 8.23. The van der Waals surface area contributed by atoms with Crippen LogP contribution in [-0.4, -0.2) is 18.4 Å². The van der Waals surface area contributed by atoms with E-state index in [4.69, 9.17) is 4.74 Å². The predicted molar refractivity (Wildman–Crippen MR) is 90.9 cm³/mol. The van der Waals surface area contributed by atoms with Crippen molar-refractivity contribution >= 4 is 23.2 Å². The van der Waals surface area contributed by atoms with Crippen LogP contribution in [0.2, 0.25) is 0 Å². The molecular formula is C19H17FN2O3. The zero-order valence-electron chi connectivity index (χ0n) is 13.5. The maximum Gasteiger partial charge on any atom is 0.265 e. The van der Waals surface area contributed by atoms with Gasteiger partial charge in [0.25, 0.3) is 5.91 Å². The fourth-order valence-corrected chi connectivity index (χ4v) is 2.84. The molecule has 0 atom stereocenters. The van der Waals surface area contributed by atoms with Crippen LogP contribution in [0.15, 0.2) is 42.5 Å². The van der Waals surface area contributed by atoms with E-state index in [0.717, 1.165) is 12.8 Å². The highest BCUT2D eigenvalue weighted by atomic mass is 19.1. The predicted octanol–water partition coefficient (Wildman–Crippen LogP) is 3.10. The van der Waals surface area contributed by atoms with Gasteiger partial charge < -0.3 is 15.0 Å². The Labute approximate surface area is 144 Å². The van der Waals surface area contributed by atoms with Crippen molar-refractivity contribution in [3.8, 4) is 5.75 Å². The molecule has 0 bridgehead atoms. The molecular weight excluding hydrogens is 323 g/mol. The van der Waals surface area contributed by atoms with Crippen molar-refractivity contribution in [3.05, 3.63) is 53.8 Å². The minimum absolute atomic E-state index is 0.00930. The molecule has 2 amide bonds. The Bertz CT molecular complexity index is 848. The lowest BCUT2D eigenvalue weighted by molar-refractivity contribution is -0.121. The smallest absolute Gasteiger partial charge is 0.265 e. The Morgan fingerprint density at radius 3 is 2.80 bits per heavy atom. The number of halogens is 1. The van der Waals surface area contributed by atoms with Gasteiger partial charge in [-0.25, -0.2) is 4.39 Å². The third kappa shape index (κ3) is 3.20. The Balaban J connectivity index is 1.59. The fraction of sp³-hybridized carbons (Fsp3) is 0.263. The van der Waals surface area contributed by atoms with E-state index in [-0.39, 0.29) is 36.7 Å². The van der Waals surface area contributed by atoms with Crippen LogP contribution in [0.1, 0.15) is 18.4 Å². The van der Waals surface area contributed by atoms with Gasteiger partial charge in [-0.15, -0.1) is 0 Å². The third-order valence-electron chi connectivity index (χ3n) is 4.40. The van der Waals surface area contributed by atoms with Crippen LogP contribution in [0.4, 0.5) is 15.8 Å². The van der Waals surface area contributed by atoms with E-state index in [1.165, 1.54) is 11.0 Å². The van der Waals surface area contributed by atoms with Crippen LogP contribution in [-0.2, 0) is 16.1 Å². The number of amides is 2. The van der Waals surface area contributed by atoms with Crippen LogP contribution in [0.3, 0.4) is 0 Å². The molecule has 1 aliphatic heterocycles. The molecule has 1 saturated carbocycles. The van der Waals surface area contributed by atoms with Gasteiger partial charge in [0.1, 0.15) is 11.6 Å². The van der Waals surface area contributed by atoms with E-state index in [0.29, 0.717) is 22.7 Å². The van der Waals surface area contributed by atoms with Crippen molar-refractivity contribution in [2.24, 2.45) is 5.92 Å². The van der Waals surface area contributed by atoms with Gasteiger partial charge in [-0.05, 0) is 31.0 Å². The van der Waals surface area contributed by atoms with E-state index < -0.39 is 0 Å². The van der Waals surface area contributed by atoms with Gasteiger partial charge in [-0.2, -0.15) is 0 Å². The Morgan fingerprint density at radius 1 is 1.24 bits per heavy atom. The number of hydrogen-bond acceptors (Lipinski definition) is 3. The minimum Gasteiger partial charge on any atom is -0.481 e. The highest BCUT2D eigenvalue weighted by Gasteiger charge is 2.30. The molecule has 2 aromatic carbocycles. The Kier molecular flexibility index (Phi) is 3.87. The van der Waals surface area contributed by atoms with Crippen LogP contribution in [0.25, 0.3) is 0 Å². The van der Waals surface area contributed by atoms with Crippen molar-refractivity contribution in [1.29, 1.82) is 0 Å². The number of nitrogens with zero attached hydrogens (tertiary/aromatic N) is 1. The standard InChI is InChI=1S/C19H17FN2O3/c20-15-4-2-1-3-13(15)10-22-16-8-7-14(21-19(24)12-5-6-12)9-17(16)25-11-18(22)23/h1-4,7-9,12H,5-6,10-11H2,(H,21,24). The normalized spacial score (nSPS) is 16.2. The summed E-state index contributed by atoms with van der Waals surface area (Å²) in [4.78, 5) is 25.6. The lowest BCUT2D eigenvalue weighted by Gasteiger charge is -2.30. The number of anilines is 2. The number of carbonyl (C=O) groups is 2. The second-order valence-electron chi connectivity index (χ2n) is 6.31. The summed E-state index contributed by atoms with van der Waals surface area (Å²) in [7, 11) is 0. The first-order valence-electron chi connectivity index (χ1n) is 8.23. The maximum absolute atomic E-state index is 13.9. The summed E-state index contributed by atoms with van der Waals surface area (Å²) in [5, 5.41) is 2.86. The third-order valence-corrected chi connectivity index (χ3v) is 4.40. The Morgan fingerprint density at radius 2 is 2.04 bits per heavy atom. The molecule has 0 aromatic heterocycles. The average molecular weight is 340 g/mol. The molecule has 128 valence electrons. The number of benzene rings is 2. The molecule has 2 aliphatic rings.